The van der Waals surface area contributed by atoms with E-state index in [1.807, 2.05) is 0 Å². The maximum absolute atomic E-state index is 13.9. The lowest BCUT2D eigenvalue weighted by Crippen LogP contribution is -2.38. The van der Waals surface area contributed by atoms with E-state index in [0.29, 0.717) is 41.7 Å². The van der Waals surface area contributed by atoms with Crippen molar-refractivity contribution in [2.75, 3.05) is 23.8 Å². The third-order valence-electron chi connectivity index (χ3n) is 4.12. The molecule has 2 aromatic rings. The highest BCUT2D eigenvalue weighted by molar-refractivity contribution is 9.10. The van der Waals surface area contributed by atoms with Gasteiger partial charge < -0.3 is 20.5 Å². The fourth-order valence-electron chi connectivity index (χ4n) is 2.70. The van der Waals surface area contributed by atoms with Gasteiger partial charge in [-0.3, -0.25) is 0 Å². The Hall–Kier alpha value is -1.99. The van der Waals surface area contributed by atoms with Crippen molar-refractivity contribution in [1.82, 2.24) is 9.97 Å². The molecule has 142 valence electrons. The molecule has 3 N–H and O–H groups in total. The molecule has 3 rings (SSSR count). The quantitative estimate of drug-likeness (QED) is 0.631. The standard InChI is InChI=1S/C17H16BrClFN5O2/c18-15-10(7-26)3-11(4-13(15)20)23-17-22-6-12(19)16(25-17)24-14-8-27-2-1-9(14)5-21/h3-4,6,9,14,26H,1-2,7-8H2,(H2,22,23,24,25). The van der Waals surface area contributed by atoms with E-state index in [-0.39, 0.29) is 29.0 Å². The first-order valence-electron chi connectivity index (χ1n) is 8.14. The molecule has 1 aromatic heterocycles. The average Bonchev–Trinajstić information content (AvgIpc) is 2.67. The van der Waals surface area contributed by atoms with Crippen LogP contribution in [0.1, 0.15) is 12.0 Å². The van der Waals surface area contributed by atoms with Crippen molar-refractivity contribution in [3.63, 3.8) is 0 Å². The number of nitriles is 1. The molecule has 1 aliphatic rings. The van der Waals surface area contributed by atoms with Gasteiger partial charge in [0.15, 0.2) is 5.82 Å². The van der Waals surface area contributed by atoms with Crippen LogP contribution in [0.25, 0.3) is 0 Å². The number of hydrogen-bond acceptors (Lipinski definition) is 7. The highest BCUT2D eigenvalue weighted by Crippen LogP contribution is 2.28. The number of ether oxygens (including phenoxy) is 1. The van der Waals surface area contributed by atoms with Crippen molar-refractivity contribution >= 4 is 45.0 Å². The number of aromatic nitrogens is 2. The largest absolute Gasteiger partial charge is 0.392 e. The van der Waals surface area contributed by atoms with Gasteiger partial charge in [-0.1, -0.05) is 11.6 Å². The van der Waals surface area contributed by atoms with Gasteiger partial charge in [0.1, 0.15) is 10.8 Å². The lowest BCUT2D eigenvalue weighted by atomic mass is 9.96. The Kier molecular flexibility index (Phi) is 6.44. The molecule has 2 unspecified atom stereocenters. The van der Waals surface area contributed by atoms with Crippen molar-refractivity contribution in [2.24, 2.45) is 5.92 Å². The lowest BCUT2D eigenvalue weighted by Gasteiger charge is -2.28. The molecule has 27 heavy (non-hydrogen) atoms. The predicted octanol–water partition coefficient (Wildman–Crippen LogP) is 3.61. The number of aliphatic hydroxyl groups is 1. The Morgan fingerprint density at radius 2 is 2.30 bits per heavy atom. The van der Waals surface area contributed by atoms with Crippen molar-refractivity contribution in [3.05, 3.63) is 39.2 Å². The summed E-state index contributed by atoms with van der Waals surface area (Å²) in [4.78, 5) is 8.40. The summed E-state index contributed by atoms with van der Waals surface area (Å²) in [6.07, 6.45) is 2.04. The topological polar surface area (TPSA) is 103 Å². The van der Waals surface area contributed by atoms with Crippen molar-refractivity contribution < 1.29 is 14.2 Å². The second-order valence-corrected chi connectivity index (χ2v) is 7.15. The Labute approximate surface area is 168 Å². The fraction of sp³-hybridized carbons (Fsp3) is 0.353. The molecule has 0 amide bonds. The van der Waals surface area contributed by atoms with Crippen LogP contribution in [0.5, 0.6) is 0 Å². The number of nitrogens with one attached hydrogen (secondary N) is 2. The molecule has 7 nitrogen and oxygen atoms in total. The van der Waals surface area contributed by atoms with E-state index in [0.717, 1.165) is 0 Å². The molecule has 0 bridgehead atoms. The predicted molar refractivity (Wildman–Crippen MR) is 102 cm³/mol. The molecule has 1 fully saturated rings. The fourth-order valence-corrected chi connectivity index (χ4v) is 3.20. The summed E-state index contributed by atoms with van der Waals surface area (Å²) in [7, 11) is 0. The Balaban J connectivity index is 1.81. The van der Waals surface area contributed by atoms with Gasteiger partial charge in [0.2, 0.25) is 5.95 Å². The van der Waals surface area contributed by atoms with Gasteiger partial charge in [0.05, 0.1) is 41.9 Å². The molecule has 0 aliphatic carbocycles. The van der Waals surface area contributed by atoms with E-state index in [9.17, 15) is 14.8 Å². The minimum atomic E-state index is -0.521. The second kappa shape index (κ2) is 8.80. The van der Waals surface area contributed by atoms with E-state index in [4.69, 9.17) is 16.3 Å². The first kappa shape index (κ1) is 19.8. The highest BCUT2D eigenvalue weighted by atomic mass is 79.9. The first-order valence-corrected chi connectivity index (χ1v) is 9.31. The number of anilines is 3. The molecule has 0 saturated carbocycles. The maximum atomic E-state index is 13.9. The van der Waals surface area contributed by atoms with E-state index >= 15 is 0 Å². The number of hydrogen-bond donors (Lipinski definition) is 3. The minimum Gasteiger partial charge on any atom is -0.392 e. The van der Waals surface area contributed by atoms with Crippen LogP contribution >= 0.6 is 27.5 Å². The molecule has 1 aromatic carbocycles. The summed E-state index contributed by atoms with van der Waals surface area (Å²) in [5, 5.41) is 24.9. The Morgan fingerprint density at radius 1 is 1.48 bits per heavy atom. The summed E-state index contributed by atoms with van der Waals surface area (Å²) < 4.78 is 19.6. The van der Waals surface area contributed by atoms with Gasteiger partial charge in [0, 0.05) is 12.3 Å². The second-order valence-electron chi connectivity index (χ2n) is 5.95. The van der Waals surface area contributed by atoms with E-state index in [1.165, 1.54) is 12.3 Å². The number of nitrogens with zero attached hydrogens (tertiary/aromatic N) is 3. The zero-order valence-corrected chi connectivity index (χ0v) is 16.4. The van der Waals surface area contributed by atoms with E-state index in [1.54, 1.807) is 6.07 Å². The molecule has 0 spiro atoms. The molecular weight excluding hydrogens is 441 g/mol. The van der Waals surface area contributed by atoms with Crippen LogP contribution in [-0.2, 0) is 11.3 Å². The van der Waals surface area contributed by atoms with Crippen molar-refractivity contribution in [3.8, 4) is 6.07 Å². The number of benzene rings is 1. The number of rotatable bonds is 5. The first-order chi connectivity index (χ1) is 13.0. The summed E-state index contributed by atoms with van der Waals surface area (Å²) in [6, 6.07) is 4.86. The average molecular weight is 457 g/mol. The normalized spacial score (nSPS) is 19.4. The SMILES string of the molecule is N#CC1CCOCC1Nc1nc(Nc2cc(F)c(Br)c(CO)c2)ncc1Cl. The third kappa shape index (κ3) is 4.65. The van der Waals surface area contributed by atoms with Gasteiger partial charge >= 0.3 is 0 Å². The van der Waals surface area contributed by atoms with Gasteiger partial charge in [-0.05, 0) is 40.0 Å². The highest BCUT2D eigenvalue weighted by Gasteiger charge is 2.26. The van der Waals surface area contributed by atoms with Crippen LogP contribution in [0, 0.1) is 23.1 Å². The zero-order valence-electron chi connectivity index (χ0n) is 14.0. The smallest absolute Gasteiger partial charge is 0.229 e. The van der Waals surface area contributed by atoms with Gasteiger partial charge in [-0.25, -0.2) is 9.37 Å². The van der Waals surface area contributed by atoms with Crippen molar-refractivity contribution in [2.45, 2.75) is 19.1 Å². The van der Waals surface area contributed by atoms with Crippen LogP contribution in [0.2, 0.25) is 5.02 Å². The molecule has 1 aliphatic heterocycles. The van der Waals surface area contributed by atoms with Crippen molar-refractivity contribution in [1.29, 1.82) is 5.26 Å². The summed E-state index contributed by atoms with van der Waals surface area (Å²) in [6.45, 7) is 0.598. The van der Waals surface area contributed by atoms with Gasteiger partial charge in [0.25, 0.3) is 0 Å². The third-order valence-corrected chi connectivity index (χ3v) is 5.28. The zero-order chi connectivity index (χ0) is 19.4. The summed E-state index contributed by atoms with van der Waals surface area (Å²) >= 11 is 9.25. The minimum absolute atomic E-state index is 0.192. The van der Waals surface area contributed by atoms with Crippen LogP contribution in [-0.4, -0.2) is 34.3 Å². The molecule has 0 radical (unpaired) electrons. The Bertz CT molecular complexity index is 879. The van der Waals surface area contributed by atoms with Crippen LogP contribution in [0.3, 0.4) is 0 Å². The molecule has 1 saturated heterocycles. The van der Waals surface area contributed by atoms with E-state index in [2.05, 4.69) is 42.6 Å². The number of halogens is 3. The summed E-state index contributed by atoms with van der Waals surface area (Å²) in [5.41, 5.74) is 0.768. The van der Waals surface area contributed by atoms with Gasteiger partial charge in [-0.2, -0.15) is 10.2 Å². The van der Waals surface area contributed by atoms with E-state index < -0.39 is 5.82 Å². The van der Waals surface area contributed by atoms with Gasteiger partial charge in [-0.15, -0.1) is 0 Å². The monoisotopic (exact) mass is 455 g/mol. The molecular formula is C17H16BrClFN5O2. The molecule has 10 heteroatoms. The van der Waals surface area contributed by atoms with Crippen LogP contribution < -0.4 is 10.6 Å². The lowest BCUT2D eigenvalue weighted by molar-refractivity contribution is 0.0698. The number of aliphatic hydroxyl groups excluding tert-OH is 1. The molecule has 2 heterocycles. The molecule has 2 atom stereocenters. The Morgan fingerprint density at radius 3 is 3.04 bits per heavy atom. The van der Waals surface area contributed by atoms with Crippen LogP contribution in [0.15, 0.2) is 22.8 Å². The maximum Gasteiger partial charge on any atom is 0.229 e. The van der Waals surface area contributed by atoms with Crippen LogP contribution in [0.4, 0.5) is 21.8 Å². The summed E-state index contributed by atoms with van der Waals surface area (Å²) in [5.74, 6) is -0.191.